The van der Waals surface area contributed by atoms with Crippen LogP contribution < -0.4 is 0 Å². The van der Waals surface area contributed by atoms with E-state index in [1.165, 1.54) is 193 Å². The molecule has 0 amide bonds. The molecule has 0 aromatic heterocycles. The highest BCUT2D eigenvalue weighted by molar-refractivity contribution is 5.71. The van der Waals surface area contributed by atoms with Crippen molar-refractivity contribution in [2.24, 2.45) is 0 Å². The van der Waals surface area contributed by atoms with E-state index in [-0.39, 0.29) is 31.1 Å². The Kier molecular flexibility index (Phi) is 63.2. The summed E-state index contributed by atoms with van der Waals surface area (Å²) in [6, 6.07) is 0. The molecule has 6 heteroatoms. The van der Waals surface area contributed by atoms with E-state index in [0.29, 0.717) is 19.3 Å². The predicted molar refractivity (Wildman–Crippen MR) is 339 cm³/mol. The Morgan fingerprint density at radius 3 is 0.795 bits per heavy atom. The van der Waals surface area contributed by atoms with Crippen LogP contribution in [0.25, 0.3) is 0 Å². The van der Waals surface area contributed by atoms with E-state index in [0.717, 1.165) is 103 Å². The van der Waals surface area contributed by atoms with Gasteiger partial charge in [-0.3, -0.25) is 14.4 Å². The Morgan fingerprint density at radius 2 is 0.500 bits per heavy atom. The molecule has 1 atom stereocenters. The minimum atomic E-state index is -0.777. The van der Waals surface area contributed by atoms with Gasteiger partial charge in [0.15, 0.2) is 6.10 Å². The molecule has 0 aliphatic rings. The smallest absolute Gasteiger partial charge is 0.306 e. The number of carbonyl (C=O) groups is 3. The summed E-state index contributed by atoms with van der Waals surface area (Å²) in [5.41, 5.74) is 0. The van der Waals surface area contributed by atoms with Crippen LogP contribution in [0.15, 0.2) is 85.1 Å². The zero-order chi connectivity index (χ0) is 56.4. The lowest BCUT2D eigenvalue weighted by atomic mass is 10.0. The molecule has 0 bridgehead atoms. The molecule has 0 aliphatic carbocycles. The zero-order valence-electron chi connectivity index (χ0n) is 51.7. The van der Waals surface area contributed by atoms with E-state index in [1.54, 1.807) is 0 Å². The largest absolute Gasteiger partial charge is 0.462 e. The topological polar surface area (TPSA) is 78.9 Å². The SMILES string of the molecule is CC/C=C\C/C=C\C/C=C\C/C=C\C/C=C\CCCCCCCCCCCCCCCCCCCC(=O)OCC(COC(=O)CCCCCCCCCCC)OC(=O)CCCCCCCCC/C=C\C/C=C\CCCCCC. The first-order valence-corrected chi connectivity index (χ1v) is 33.6. The normalized spacial score (nSPS) is 12.6. The number of esters is 3. The Bertz CT molecular complexity index is 1480. The molecular weight excluding hydrogens is 961 g/mol. The fourth-order valence-corrected chi connectivity index (χ4v) is 9.62. The molecule has 0 saturated carbocycles. The number of unbranched alkanes of at least 4 members (excludes halogenated alkanes) is 36. The molecule has 450 valence electrons. The highest BCUT2D eigenvalue weighted by atomic mass is 16.6. The van der Waals surface area contributed by atoms with Gasteiger partial charge < -0.3 is 14.2 Å². The average molecular weight is 1090 g/mol. The second kappa shape index (κ2) is 66.1. The van der Waals surface area contributed by atoms with Gasteiger partial charge in [-0.15, -0.1) is 0 Å². The van der Waals surface area contributed by atoms with Gasteiger partial charge in [-0.05, 0) is 96.3 Å². The third-order valence-corrected chi connectivity index (χ3v) is 14.6. The first-order valence-electron chi connectivity index (χ1n) is 33.6. The van der Waals surface area contributed by atoms with Gasteiger partial charge in [-0.1, -0.05) is 305 Å². The van der Waals surface area contributed by atoms with Crippen molar-refractivity contribution in [3.05, 3.63) is 85.1 Å². The molecule has 0 N–H and O–H groups in total. The van der Waals surface area contributed by atoms with Gasteiger partial charge in [0.05, 0.1) is 0 Å². The zero-order valence-corrected chi connectivity index (χ0v) is 51.7. The van der Waals surface area contributed by atoms with Crippen LogP contribution >= 0.6 is 0 Å². The summed E-state index contributed by atoms with van der Waals surface area (Å²) in [5.74, 6) is -0.870. The number of carbonyl (C=O) groups excluding carboxylic acids is 3. The average Bonchev–Trinajstić information content (AvgIpc) is 3.44. The maximum atomic E-state index is 12.9. The number of allylic oxidation sites excluding steroid dienone is 14. The second-order valence-corrected chi connectivity index (χ2v) is 22.4. The van der Waals surface area contributed by atoms with Gasteiger partial charge >= 0.3 is 17.9 Å². The third kappa shape index (κ3) is 63.4. The molecule has 0 aromatic carbocycles. The standard InChI is InChI=1S/C72H126O6/c1-4-7-10-13-16-19-21-23-25-27-29-30-31-32-33-34-35-36-37-38-39-40-41-42-43-45-46-48-50-53-56-59-62-65-71(74)77-68-69(67-76-70(73)64-61-58-55-52-18-15-12-9-6-3)78-72(75)66-63-60-57-54-51-49-47-44-28-26-24-22-20-17-14-11-8-5-2/h7,10,16,19-20,22-23,25-26,28-30,32-33,69H,4-6,8-9,11-15,17-18,21,24,27,31,34-68H2,1-3H3/b10-7-,19-16-,22-20-,25-23-,28-26-,30-29-,33-32-. The van der Waals surface area contributed by atoms with Crippen LogP contribution in [0.1, 0.15) is 335 Å². The maximum absolute atomic E-state index is 12.9. The molecule has 6 nitrogen and oxygen atoms in total. The van der Waals surface area contributed by atoms with Crippen molar-refractivity contribution >= 4 is 17.9 Å². The van der Waals surface area contributed by atoms with Gasteiger partial charge in [-0.2, -0.15) is 0 Å². The molecular formula is C72H126O6. The van der Waals surface area contributed by atoms with E-state index in [1.807, 2.05) is 0 Å². The molecule has 0 aliphatic heterocycles. The van der Waals surface area contributed by atoms with Crippen molar-refractivity contribution in [3.63, 3.8) is 0 Å². The summed E-state index contributed by atoms with van der Waals surface area (Å²) in [6.07, 6.45) is 87.6. The Labute approximate surface area is 484 Å². The van der Waals surface area contributed by atoms with E-state index in [4.69, 9.17) is 14.2 Å². The van der Waals surface area contributed by atoms with E-state index < -0.39 is 6.10 Å². The Hall–Kier alpha value is -3.41. The van der Waals surface area contributed by atoms with Crippen LogP contribution in [0.2, 0.25) is 0 Å². The number of rotatable bonds is 61. The number of ether oxygens (including phenoxy) is 3. The molecule has 0 saturated heterocycles. The summed E-state index contributed by atoms with van der Waals surface area (Å²) in [7, 11) is 0. The van der Waals surface area contributed by atoms with Crippen LogP contribution in [0, 0.1) is 0 Å². The quantitative estimate of drug-likeness (QED) is 0.0261. The first kappa shape index (κ1) is 74.6. The van der Waals surface area contributed by atoms with Gasteiger partial charge in [-0.25, -0.2) is 0 Å². The summed E-state index contributed by atoms with van der Waals surface area (Å²) >= 11 is 0. The van der Waals surface area contributed by atoms with Crippen molar-refractivity contribution in [2.45, 2.75) is 341 Å². The van der Waals surface area contributed by atoms with Gasteiger partial charge in [0.25, 0.3) is 0 Å². The summed E-state index contributed by atoms with van der Waals surface area (Å²) < 4.78 is 16.9. The highest BCUT2D eigenvalue weighted by Gasteiger charge is 2.19. The van der Waals surface area contributed by atoms with Crippen molar-refractivity contribution in [1.82, 2.24) is 0 Å². The first-order chi connectivity index (χ1) is 38.5. The fourth-order valence-electron chi connectivity index (χ4n) is 9.62. The van der Waals surface area contributed by atoms with Gasteiger partial charge in [0, 0.05) is 19.3 Å². The van der Waals surface area contributed by atoms with Crippen LogP contribution in [0.4, 0.5) is 0 Å². The fraction of sp³-hybridized carbons (Fsp3) is 0.764. The lowest BCUT2D eigenvalue weighted by molar-refractivity contribution is -0.167. The Balaban J connectivity index is 4.09. The monoisotopic (exact) mass is 1090 g/mol. The van der Waals surface area contributed by atoms with Gasteiger partial charge in [0.1, 0.15) is 13.2 Å². The maximum Gasteiger partial charge on any atom is 0.306 e. The second-order valence-electron chi connectivity index (χ2n) is 22.4. The number of hydrogen-bond donors (Lipinski definition) is 0. The molecule has 78 heavy (non-hydrogen) atoms. The molecule has 0 fully saturated rings. The van der Waals surface area contributed by atoms with Crippen molar-refractivity contribution in [2.75, 3.05) is 13.2 Å². The minimum Gasteiger partial charge on any atom is -0.462 e. The van der Waals surface area contributed by atoms with Crippen LogP contribution in [-0.2, 0) is 28.6 Å². The summed E-state index contributed by atoms with van der Waals surface area (Å²) in [5, 5.41) is 0. The van der Waals surface area contributed by atoms with Crippen molar-refractivity contribution in [1.29, 1.82) is 0 Å². The summed E-state index contributed by atoms with van der Waals surface area (Å²) in [6.45, 7) is 6.52. The lowest BCUT2D eigenvalue weighted by Crippen LogP contribution is -2.30. The van der Waals surface area contributed by atoms with Crippen LogP contribution in [0.5, 0.6) is 0 Å². The molecule has 0 rings (SSSR count). The molecule has 0 radical (unpaired) electrons. The lowest BCUT2D eigenvalue weighted by Gasteiger charge is -2.18. The predicted octanol–water partition coefficient (Wildman–Crippen LogP) is 23.1. The van der Waals surface area contributed by atoms with Gasteiger partial charge in [0.2, 0.25) is 0 Å². The van der Waals surface area contributed by atoms with Crippen molar-refractivity contribution < 1.29 is 28.6 Å². The van der Waals surface area contributed by atoms with E-state index in [9.17, 15) is 14.4 Å². The number of hydrogen-bond acceptors (Lipinski definition) is 6. The third-order valence-electron chi connectivity index (χ3n) is 14.6. The van der Waals surface area contributed by atoms with Crippen molar-refractivity contribution in [3.8, 4) is 0 Å². The molecule has 0 heterocycles. The van der Waals surface area contributed by atoms with E-state index in [2.05, 4.69) is 106 Å². The van der Waals surface area contributed by atoms with E-state index >= 15 is 0 Å². The molecule has 0 spiro atoms. The van der Waals surface area contributed by atoms with Crippen LogP contribution in [-0.4, -0.2) is 37.2 Å². The highest BCUT2D eigenvalue weighted by Crippen LogP contribution is 2.17. The minimum absolute atomic E-state index is 0.0748. The molecule has 0 aromatic rings. The van der Waals surface area contributed by atoms with Crippen LogP contribution in [0.3, 0.4) is 0 Å². The Morgan fingerprint density at radius 1 is 0.269 bits per heavy atom. The summed E-state index contributed by atoms with van der Waals surface area (Å²) in [4.78, 5) is 38.2. The molecule has 1 unspecified atom stereocenters.